The number of aliphatic imine (C=N–C) groups is 1. The van der Waals surface area contributed by atoms with Crippen LogP contribution in [0.3, 0.4) is 0 Å². The summed E-state index contributed by atoms with van der Waals surface area (Å²) in [5.74, 6) is 0.901. The van der Waals surface area contributed by atoms with Gasteiger partial charge in [-0.3, -0.25) is 9.80 Å². The van der Waals surface area contributed by atoms with Crippen LogP contribution in [0.5, 0.6) is 0 Å². The van der Waals surface area contributed by atoms with E-state index in [4.69, 9.17) is 4.99 Å². The fraction of sp³-hybridized carbons (Fsp3) is 0.682. The highest BCUT2D eigenvalue weighted by Crippen LogP contribution is 2.13. The van der Waals surface area contributed by atoms with Gasteiger partial charge in [0.05, 0.1) is 6.54 Å². The van der Waals surface area contributed by atoms with Crippen molar-refractivity contribution < 1.29 is 0 Å². The molecule has 2 rings (SSSR count). The van der Waals surface area contributed by atoms with Crippen molar-refractivity contribution >= 4 is 5.96 Å². The standard InChI is InChI=1S/C22H39N5/c1-5-23-22(24-13-16-27(6-2)19(3)4)25-17-20-9-11-21(12-10-20)18-26-14-7-8-15-26/h9-12,19H,5-8,13-18H2,1-4H3,(H2,23,24,25). The van der Waals surface area contributed by atoms with E-state index in [0.717, 1.165) is 38.7 Å². The first-order valence-electron chi connectivity index (χ1n) is 10.7. The van der Waals surface area contributed by atoms with E-state index < -0.39 is 0 Å². The first-order chi connectivity index (χ1) is 13.1. The molecule has 5 heteroatoms. The molecule has 0 bridgehead atoms. The average Bonchev–Trinajstić information content (AvgIpc) is 3.17. The van der Waals surface area contributed by atoms with Gasteiger partial charge in [-0.1, -0.05) is 31.2 Å². The third-order valence-corrected chi connectivity index (χ3v) is 5.22. The van der Waals surface area contributed by atoms with E-state index in [-0.39, 0.29) is 0 Å². The quantitative estimate of drug-likeness (QED) is 0.489. The highest BCUT2D eigenvalue weighted by Gasteiger charge is 2.11. The van der Waals surface area contributed by atoms with Gasteiger partial charge in [0.1, 0.15) is 0 Å². The van der Waals surface area contributed by atoms with Gasteiger partial charge in [-0.25, -0.2) is 4.99 Å². The van der Waals surface area contributed by atoms with Crippen molar-refractivity contribution in [2.75, 3.05) is 39.3 Å². The van der Waals surface area contributed by atoms with Crippen LogP contribution in [0.25, 0.3) is 0 Å². The summed E-state index contributed by atoms with van der Waals surface area (Å²) in [5, 5.41) is 6.81. The molecular formula is C22H39N5. The number of hydrogen-bond acceptors (Lipinski definition) is 3. The average molecular weight is 374 g/mol. The van der Waals surface area contributed by atoms with Crippen molar-refractivity contribution in [3.63, 3.8) is 0 Å². The van der Waals surface area contributed by atoms with Gasteiger partial charge >= 0.3 is 0 Å². The van der Waals surface area contributed by atoms with Crippen molar-refractivity contribution in [2.24, 2.45) is 4.99 Å². The van der Waals surface area contributed by atoms with Gasteiger partial charge in [-0.05, 0) is 64.4 Å². The van der Waals surface area contributed by atoms with Crippen LogP contribution in [0, 0.1) is 0 Å². The largest absolute Gasteiger partial charge is 0.357 e. The Morgan fingerprint density at radius 3 is 2.33 bits per heavy atom. The fourth-order valence-electron chi connectivity index (χ4n) is 3.56. The minimum atomic E-state index is 0.579. The molecule has 1 saturated heterocycles. The van der Waals surface area contributed by atoms with Crippen LogP contribution < -0.4 is 10.6 Å². The lowest BCUT2D eigenvalue weighted by atomic mass is 10.1. The van der Waals surface area contributed by atoms with Crippen LogP contribution in [0.4, 0.5) is 0 Å². The van der Waals surface area contributed by atoms with E-state index in [1.807, 2.05) is 0 Å². The molecule has 1 aromatic carbocycles. The van der Waals surface area contributed by atoms with Crippen LogP contribution in [-0.2, 0) is 13.1 Å². The predicted molar refractivity (Wildman–Crippen MR) is 116 cm³/mol. The molecule has 5 nitrogen and oxygen atoms in total. The molecule has 152 valence electrons. The van der Waals surface area contributed by atoms with Gasteiger partial charge in [0, 0.05) is 32.2 Å². The number of hydrogen-bond donors (Lipinski definition) is 2. The molecule has 0 spiro atoms. The number of likely N-dealkylation sites (tertiary alicyclic amines) is 1. The van der Waals surface area contributed by atoms with E-state index in [1.54, 1.807) is 0 Å². The second-order valence-electron chi connectivity index (χ2n) is 7.64. The third kappa shape index (κ3) is 7.89. The van der Waals surface area contributed by atoms with Gasteiger partial charge < -0.3 is 10.6 Å². The van der Waals surface area contributed by atoms with Crippen LogP contribution in [-0.4, -0.2) is 61.1 Å². The molecule has 0 unspecified atom stereocenters. The van der Waals surface area contributed by atoms with Gasteiger partial charge in [-0.15, -0.1) is 0 Å². The van der Waals surface area contributed by atoms with E-state index >= 15 is 0 Å². The Balaban J connectivity index is 1.82. The van der Waals surface area contributed by atoms with Crippen LogP contribution in [0.15, 0.2) is 29.3 Å². The van der Waals surface area contributed by atoms with Gasteiger partial charge in [0.2, 0.25) is 0 Å². The molecule has 1 aliphatic rings. The second-order valence-corrected chi connectivity index (χ2v) is 7.64. The maximum atomic E-state index is 4.75. The van der Waals surface area contributed by atoms with Crippen LogP contribution in [0.1, 0.15) is 51.7 Å². The Labute approximate surface area is 166 Å². The molecule has 0 atom stereocenters. The Morgan fingerprint density at radius 1 is 1.07 bits per heavy atom. The molecule has 0 amide bonds. The lowest BCUT2D eigenvalue weighted by molar-refractivity contribution is 0.237. The number of rotatable bonds is 10. The normalized spacial score (nSPS) is 15.7. The molecule has 27 heavy (non-hydrogen) atoms. The minimum Gasteiger partial charge on any atom is -0.357 e. The maximum Gasteiger partial charge on any atom is 0.191 e. The first kappa shape index (κ1) is 21.7. The van der Waals surface area contributed by atoms with Crippen molar-refractivity contribution in [3.05, 3.63) is 35.4 Å². The Bertz CT molecular complexity index is 546. The topological polar surface area (TPSA) is 42.9 Å². The van der Waals surface area contributed by atoms with E-state index in [2.05, 4.69) is 72.4 Å². The van der Waals surface area contributed by atoms with Crippen molar-refractivity contribution in [2.45, 2.75) is 59.7 Å². The lowest BCUT2D eigenvalue weighted by Crippen LogP contribution is -2.43. The lowest BCUT2D eigenvalue weighted by Gasteiger charge is -2.25. The number of benzene rings is 1. The number of nitrogens with zero attached hydrogens (tertiary/aromatic N) is 3. The highest BCUT2D eigenvalue weighted by atomic mass is 15.2. The molecular weight excluding hydrogens is 334 g/mol. The molecule has 0 aromatic heterocycles. The highest BCUT2D eigenvalue weighted by molar-refractivity contribution is 5.79. The monoisotopic (exact) mass is 373 g/mol. The molecule has 1 heterocycles. The molecule has 0 radical (unpaired) electrons. The second kappa shape index (κ2) is 12.0. The summed E-state index contributed by atoms with van der Waals surface area (Å²) >= 11 is 0. The Hall–Kier alpha value is -1.59. The first-order valence-corrected chi connectivity index (χ1v) is 10.7. The summed E-state index contributed by atoms with van der Waals surface area (Å²) in [5.41, 5.74) is 2.66. The van der Waals surface area contributed by atoms with E-state index in [9.17, 15) is 0 Å². The summed E-state index contributed by atoms with van der Waals surface area (Å²) in [6.45, 7) is 17.0. The molecule has 2 N–H and O–H groups in total. The fourth-order valence-corrected chi connectivity index (χ4v) is 3.56. The SMILES string of the molecule is CCNC(=NCc1ccc(CN2CCCC2)cc1)NCCN(CC)C(C)C. The number of guanidine groups is 1. The summed E-state index contributed by atoms with van der Waals surface area (Å²) < 4.78 is 0. The zero-order valence-electron chi connectivity index (χ0n) is 17.8. The Morgan fingerprint density at radius 2 is 1.74 bits per heavy atom. The van der Waals surface area contributed by atoms with Gasteiger partial charge in [0.25, 0.3) is 0 Å². The zero-order chi connectivity index (χ0) is 19.5. The molecule has 0 saturated carbocycles. The maximum absolute atomic E-state index is 4.75. The minimum absolute atomic E-state index is 0.579. The molecule has 0 aliphatic carbocycles. The van der Waals surface area contributed by atoms with Crippen molar-refractivity contribution in [1.29, 1.82) is 0 Å². The summed E-state index contributed by atoms with van der Waals surface area (Å²) in [4.78, 5) is 9.74. The van der Waals surface area contributed by atoms with Crippen molar-refractivity contribution in [1.82, 2.24) is 20.4 Å². The summed E-state index contributed by atoms with van der Waals surface area (Å²) in [7, 11) is 0. The Kier molecular flexibility index (Phi) is 9.64. The summed E-state index contributed by atoms with van der Waals surface area (Å²) in [6.07, 6.45) is 2.69. The molecule has 1 fully saturated rings. The molecule has 1 aliphatic heterocycles. The van der Waals surface area contributed by atoms with Crippen molar-refractivity contribution in [3.8, 4) is 0 Å². The number of nitrogens with one attached hydrogen (secondary N) is 2. The van der Waals surface area contributed by atoms with Gasteiger partial charge in [0.15, 0.2) is 5.96 Å². The van der Waals surface area contributed by atoms with Crippen LogP contribution >= 0.6 is 0 Å². The van der Waals surface area contributed by atoms with Gasteiger partial charge in [-0.2, -0.15) is 0 Å². The zero-order valence-corrected chi connectivity index (χ0v) is 17.8. The molecule has 1 aromatic rings. The van der Waals surface area contributed by atoms with E-state index in [1.165, 1.54) is 37.1 Å². The number of likely N-dealkylation sites (N-methyl/N-ethyl adjacent to an activating group) is 1. The van der Waals surface area contributed by atoms with Crippen LogP contribution in [0.2, 0.25) is 0 Å². The van der Waals surface area contributed by atoms with E-state index in [0.29, 0.717) is 12.6 Å². The third-order valence-electron chi connectivity index (χ3n) is 5.22. The summed E-state index contributed by atoms with van der Waals surface area (Å²) in [6, 6.07) is 9.53. The smallest absolute Gasteiger partial charge is 0.191 e. The predicted octanol–water partition coefficient (Wildman–Crippen LogP) is 3.07.